The van der Waals surface area contributed by atoms with Gasteiger partial charge in [-0.15, -0.1) is 0 Å². The van der Waals surface area contributed by atoms with Gasteiger partial charge in [-0.25, -0.2) is 13.1 Å². The van der Waals surface area contributed by atoms with E-state index in [9.17, 15) is 8.42 Å². The first-order valence-electron chi connectivity index (χ1n) is 6.78. The van der Waals surface area contributed by atoms with Gasteiger partial charge in [0.05, 0.1) is 11.5 Å². The third-order valence-corrected chi connectivity index (χ3v) is 5.16. The second-order valence-electron chi connectivity index (χ2n) is 4.61. The normalized spacial score (nSPS) is 11.7. The molecule has 1 rings (SSSR count). The van der Waals surface area contributed by atoms with Crippen molar-refractivity contribution in [1.29, 1.82) is 0 Å². The molecule has 0 unspecified atom stereocenters. The van der Waals surface area contributed by atoms with E-state index in [1.165, 1.54) is 24.3 Å². The summed E-state index contributed by atoms with van der Waals surface area (Å²) in [5.41, 5.74) is 0.706. The molecule has 0 amide bonds. The molecule has 4 nitrogen and oxygen atoms in total. The lowest BCUT2D eigenvalue weighted by molar-refractivity contribution is 0.282. The highest BCUT2D eigenvalue weighted by Gasteiger charge is 2.12. The molecule has 0 bridgehead atoms. The molecular formula is C14H23NO3S2. The molecule has 1 aromatic rings. The van der Waals surface area contributed by atoms with E-state index in [1.807, 2.05) is 11.8 Å². The fourth-order valence-electron chi connectivity index (χ4n) is 1.79. The zero-order chi connectivity index (χ0) is 14.8. The van der Waals surface area contributed by atoms with Gasteiger partial charge in [-0.3, -0.25) is 0 Å². The molecule has 0 aliphatic carbocycles. The molecule has 20 heavy (non-hydrogen) atoms. The van der Waals surface area contributed by atoms with Gasteiger partial charge >= 0.3 is 0 Å². The Kier molecular flexibility index (Phi) is 8.21. The Bertz CT molecular complexity index is 472. The minimum absolute atomic E-state index is 0.0796. The van der Waals surface area contributed by atoms with Crippen LogP contribution < -0.4 is 4.72 Å². The van der Waals surface area contributed by atoms with Crippen molar-refractivity contribution in [3.05, 3.63) is 29.8 Å². The van der Waals surface area contributed by atoms with Crippen molar-refractivity contribution in [1.82, 2.24) is 4.72 Å². The van der Waals surface area contributed by atoms with Crippen molar-refractivity contribution in [2.45, 2.75) is 37.2 Å². The number of hydrogen-bond donors (Lipinski definition) is 2. The number of sulfonamides is 1. The Morgan fingerprint density at radius 3 is 2.35 bits per heavy atom. The quantitative estimate of drug-likeness (QED) is 0.650. The number of rotatable bonds is 10. The maximum absolute atomic E-state index is 12.0. The van der Waals surface area contributed by atoms with Crippen molar-refractivity contribution in [3.63, 3.8) is 0 Å². The number of aliphatic hydroxyl groups excluding tert-OH is 1. The van der Waals surface area contributed by atoms with Gasteiger partial charge in [0, 0.05) is 6.54 Å². The third kappa shape index (κ3) is 6.26. The van der Waals surface area contributed by atoms with Gasteiger partial charge in [0.2, 0.25) is 10.0 Å². The van der Waals surface area contributed by atoms with E-state index in [0.717, 1.165) is 19.3 Å². The summed E-state index contributed by atoms with van der Waals surface area (Å²) < 4.78 is 26.6. The number of aliphatic hydroxyl groups is 1. The number of unbranched alkanes of at least 4 members (excludes halogenated alkanes) is 3. The summed E-state index contributed by atoms with van der Waals surface area (Å²) in [6.45, 7) is 0.396. The average molecular weight is 317 g/mol. The SMILES string of the molecule is CSCCCCCCNS(=O)(=O)c1ccc(CO)cc1. The van der Waals surface area contributed by atoms with Crippen LogP contribution >= 0.6 is 11.8 Å². The fourth-order valence-corrected chi connectivity index (χ4v) is 3.36. The van der Waals surface area contributed by atoms with Crippen molar-refractivity contribution in [2.75, 3.05) is 18.6 Å². The summed E-state index contributed by atoms with van der Waals surface area (Å²) in [4.78, 5) is 0.247. The van der Waals surface area contributed by atoms with E-state index in [2.05, 4.69) is 11.0 Å². The van der Waals surface area contributed by atoms with Gasteiger partial charge in [-0.1, -0.05) is 25.0 Å². The molecule has 0 aliphatic rings. The van der Waals surface area contributed by atoms with Gasteiger partial charge in [-0.2, -0.15) is 11.8 Å². The molecule has 0 atom stereocenters. The predicted octanol–water partition coefficient (Wildman–Crippen LogP) is 2.38. The number of benzene rings is 1. The Balaban J connectivity index is 2.33. The number of nitrogens with one attached hydrogen (secondary N) is 1. The third-order valence-electron chi connectivity index (χ3n) is 2.98. The lowest BCUT2D eigenvalue weighted by Crippen LogP contribution is -2.24. The monoisotopic (exact) mass is 317 g/mol. The van der Waals surface area contributed by atoms with Crippen molar-refractivity contribution < 1.29 is 13.5 Å². The van der Waals surface area contributed by atoms with Crippen molar-refractivity contribution >= 4 is 21.8 Å². The van der Waals surface area contributed by atoms with E-state index >= 15 is 0 Å². The summed E-state index contributed by atoms with van der Waals surface area (Å²) in [5.74, 6) is 1.17. The first-order valence-corrected chi connectivity index (χ1v) is 9.66. The van der Waals surface area contributed by atoms with Crippen LogP contribution in [0.3, 0.4) is 0 Å². The van der Waals surface area contributed by atoms with Gasteiger partial charge < -0.3 is 5.11 Å². The molecule has 1 aromatic carbocycles. The van der Waals surface area contributed by atoms with Crippen LogP contribution in [0.4, 0.5) is 0 Å². The van der Waals surface area contributed by atoms with Crippen molar-refractivity contribution in [2.24, 2.45) is 0 Å². The van der Waals surface area contributed by atoms with Crippen LogP contribution in [0, 0.1) is 0 Å². The highest BCUT2D eigenvalue weighted by atomic mass is 32.2. The van der Waals surface area contributed by atoms with Crippen LogP contribution in [0.15, 0.2) is 29.2 Å². The number of thioether (sulfide) groups is 1. The van der Waals surface area contributed by atoms with Crippen LogP contribution in [0.1, 0.15) is 31.2 Å². The maximum atomic E-state index is 12.0. The van der Waals surface area contributed by atoms with E-state index in [0.29, 0.717) is 12.1 Å². The minimum atomic E-state index is -3.42. The molecule has 0 aromatic heterocycles. The van der Waals surface area contributed by atoms with Gasteiger partial charge in [0.25, 0.3) is 0 Å². The fraction of sp³-hybridized carbons (Fsp3) is 0.571. The topological polar surface area (TPSA) is 66.4 Å². The molecule has 114 valence electrons. The first-order chi connectivity index (χ1) is 9.60. The molecule has 0 saturated heterocycles. The lowest BCUT2D eigenvalue weighted by atomic mass is 10.2. The summed E-state index contributed by atoms with van der Waals surface area (Å²) in [7, 11) is -3.42. The summed E-state index contributed by atoms with van der Waals surface area (Å²) in [6.07, 6.45) is 6.34. The minimum Gasteiger partial charge on any atom is -0.392 e. The number of hydrogen-bond acceptors (Lipinski definition) is 4. The van der Waals surface area contributed by atoms with E-state index in [-0.39, 0.29) is 11.5 Å². The summed E-state index contributed by atoms with van der Waals surface area (Å²) >= 11 is 1.84. The zero-order valence-corrected chi connectivity index (χ0v) is 13.5. The van der Waals surface area contributed by atoms with Crippen LogP contribution in [-0.4, -0.2) is 32.1 Å². The summed E-state index contributed by atoms with van der Waals surface area (Å²) in [5, 5.41) is 8.93. The van der Waals surface area contributed by atoms with Crippen molar-refractivity contribution in [3.8, 4) is 0 Å². The Morgan fingerprint density at radius 1 is 1.10 bits per heavy atom. The molecule has 0 fully saturated rings. The molecule has 6 heteroatoms. The summed E-state index contributed by atoms with van der Waals surface area (Å²) in [6, 6.07) is 6.28. The molecule has 0 heterocycles. The second kappa shape index (κ2) is 9.39. The Hall–Kier alpha value is -0.560. The van der Waals surface area contributed by atoms with E-state index < -0.39 is 10.0 Å². The molecule has 0 saturated carbocycles. The van der Waals surface area contributed by atoms with Crippen LogP contribution in [0.2, 0.25) is 0 Å². The van der Waals surface area contributed by atoms with Crippen LogP contribution in [-0.2, 0) is 16.6 Å². The van der Waals surface area contributed by atoms with Gasteiger partial charge in [0.15, 0.2) is 0 Å². The average Bonchev–Trinajstić information content (AvgIpc) is 2.46. The molecular weight excluding hydrogens is 294 g/mol. The molecule has 0 radical (unpaired) electrons. The van der Waals surface area contributed by atoms with Gasteiger partial charge in [0.1, 0.15) is 0 Å². The first kappa shape index (κ1) is 17.5. The molecule has 0 aliphatic heterocycles. The standard InChI is InChI=1S/C14H23NO3S2/c1-19-11-5-3-2-4-10-15-20(17,18)14-8-6-13(12-16)7-9-14/h6-9,15-16H,2-5,10-12H2,1H3. The Labute approximate surface area is 126 Å². The van der Waals surface area contributed by atoms with Crippen LogP contribution in [0.25, 0.3) is 0 Å². The second-order valence-corrected chi connectivity index (χ2v) is 7.36. The largest absolute Gasteiger partial charge is 0.392 e. The predicted molar refractivity (Wildman–Crippen MR) is 84.4 cm³/mol. The molecule has 2 N–H and O–H groups in total. The maximum Gasteiger partial charge on any atom is 0.240 e. The Morgan fingerprint density at radius 2 is 1.75 bits per heavy atom. The lowest BCUT2D eigenvalue weighted by Gasteiger charge is -2.07. The highest BCUT2D eigenvalue weighted by Crippen LogP contribution is 2.11. The zero-order valence-electron chi connectivity index (χ0n) is 11.8. The van der Waals surface area contributed by atoms with Gasteiger partial charge in [-0.05, 0) is 42.5 Å². The molecule has 0 spiro atoms. The van der Waals surface area contributed by atoms with E-state index in [4.69, 9.17) is 5.11 Å². The van der Waals surface area contributed by atoms with Crippen LogP contribution in [0.5, 0.6) is 0 Å². The highest BCUT2D eigenvalue weighted by molar-refractivity contribution is 7.98. The smallest absolute Gasteiger partial charge is 0.240 e. The van der Waals surface area contributed by atoms with E-state index in [1.54, 1.807) is 12.1 Å².